The first-order valence-corrected chi connectivity index (χ1v) is 10.1. The maximum absolute atomic E-state index is 14.6. The van der Waals surface area contributed by atoms with E-state index in [4.69, 9.17) is 5.73 Å². The molecule has 1 fully saturated rings. The van der Waals surface area contributed by atoms with Gasteiger partial charge in [0, 0.05) is 34.3 Å². The van der Waals surface area contributed by atoms with E-state index in [9.17, 15) is 9.41 Å². The van der Waals surface area contributed by atoms with Gasteiger partial charge in [0.2, 0.25) is 0 Å². The van der Waals surface area contributed by atoms with Gasteiger partial charge in [-0.25, -0.2) is 9.37 Å². The van der Waals surface area contributed by atoms with Gasteiger partial charge in [-0.15, -0.1) is 0 Å². The lowest BCUT2D eigenvalue weighted by molar-refractivity contribution is 0.298. The Morgan fingerprint density at radius 3 is 2.69 bits per heavy atom. The smallest absolute Gasteiger partial charge is 0.376 e. The highest BCUT2D eigenvalue weighted by atomic mass is 19.1. The van der Waals surface area contributed by atoms with Crippen LogP contribution in [0.4, 0.5) is 15.9 Å². The lowest BCUT2D eigenvalue weighted by Crippen LogP contribution is -2.45. The quantitative estimate of drug-likeness (QED) is 0.587. The number of pyridine rings is 1. The normalized spacial score (nSPS) is 15.6. The lowest BCUT2D eigenvalue weighted by Gasteiger charge is -2.33. The number of anilines is 2. The third-order valence-corrected chi connectivity index (χ3v) is 5.79. The largest absolute Gasteiger partial charge is 0.437 e. The number of rotatable bonds is 4. The molecule has 2 heterocycles. The summed E-state index contributed by atoms with van der Waals surface area (Å²) in [4.78, 5) is 6.29. The van der Waals surface area contributed by atoms with Crippen LogP contribution >= 0.6 is 0 Å². The van der Waals surface area contributed by atoms with E-state index in [1.165, 1.54) is 6.07 Å². The Morgan fingerprint density at radius 1 is 1.24 bits per heavy atom. The number of aromatic nitrogens is 1. The molecule has 1 saturated heterocycles. The summed E-state index contributed by atoms with van der Waals surface area (Å²) in [5, 5.41) is 15.3. The van der Waals surface area contributed by atoms with E-state index in [2.05, 4.69) is 15.1 Å². The molecule has 5 nitrogen and oxygen atoms in total. The van der Waals surface area contributed by atoms with Crippen LogP contribution in [0.3, 0.4) is 0 Å². The minimum atomic E-state index is -0.421. The van der Waals surface area contributed by atoms with E-state index in [0.29, 0.717) is 11.4 Å². The van der Waals surface area contributed by atoms with Crippen molar-refractivity contribution in [2.45, 2.75) is 32.6 Å². The number of benzene rings is 2. The van der Waals surface area contributed by atoms with Gasteiger partial charge in [0.05, 0.1) is 0 Å². The molecule has 2 aromatic carbocycles. The molecule has 0 unspecified atom stereocenters. The fourth-order valence-corrected chi connectivity index (χ4v) is 4.17. The summed E-state index contributed by atoms with van der Waals surface area (Å²) in [6.07, 6.45) is 3.59. The summed E-state index contributed by atoms with van der Waals surface area (Å²) in [6.45, 7) is 5.39. The molecule has 0 saturated carbocycles. The minimum Gasteiger partial charge on any atom is -0.437 e. The Labute approximate surface area is 170 Å². The van der Waals surface area contributed by atoms with Crippen molar-refractivity contribution in [2.75, 3.05) is 24.1 Å². The summed E-state index contributed by atoms with van der Waals surface area (Å²) < 4.78 is 14.6. The zero-order chi connectivity index (χ0) is 20.5. The fraction of sp³-hybridized carbons (Fsp3) is 0.318. The van der Waals surface area contributed by atoms with Gasteiger partial charge in [0.15, 0.2) is 0 Å². The van der Waals surface area contributed by atoms with Crippen LogP contribution in [0.5, 0.6) is 0 Å². The summed E-state index contributed by atoms with van der Waals surface area (Å²) >= 11 is 0. The van der Waals surface area contributed by atoms with Crippen LogP contribution in [0.15, 0.2) is 42.6 Å². The summed E-state index contributed by atoms with van der Waals surface area (Å²) in [7, 11) is -0.421. The van der Waals surface area contributed by atoms with Crippen LogP contribution < -0.4 is 11.1 Å². The van der Waals surface area contributed by atoms with E-state index in [0.717, 1.165) is 53.5 Å². The molecule has 150 valence electrons. The van der Waals surface area contributed by atoms with E-state index in [-0.39, 0.29) is 11.9 Å². The Morgan fingerprint density at radius 2 is 2.00 bits per heavy atom. The number of halogens is 1. The maximum Gasteiger partial charge on any atom is 0.376 e. The molecule has 7 heteroatoms. The summed E-state index contributed by atoms with van der Waals surface area (Å²) in [5.41, 5.74) is 9.20. The van der Waals surface area contributed by atoms with Gasteiger partial charge in [-0.05, 0) is 75.1 Å². The van der Waals surface area contributed by atoms with Crippen molar-refractivity contribution in [3.63, 3.8) is 0 Å². The van der Waals surface area contributed by atoms with Gasteiger partial charge in [-0.3, -0.25) is 0 Å². The molecular formula is C22H26BFN4O. The first-order chi connectivity index (χ1) is 13.9. The molecule has 0 amide bonds. The van der Waals surface area contributed by atoms with Crippen molar-refractivity contribution in [1.82, 2.24) is 9.79 Å². The fourth-order valence-electron chi connectivity index (χ4n) is 4.17. The van der Waals surface area contributed by atoms with E-state index in [1.807, 2.05) is 31.2 Å². The second kappa shape index (κ2) is 8.01. The third-order valence-electron chi connectivity index (χ3n) is 5.79. The molecule has 0 aliphatic carbocycles. The highest BCUT2D eigenvalue weighted by molar-refractivity contribution is 6.45. The molecule has 3 aromatic rings. The van der Waals surface area contributed by atoms with Crippen LogP contribution in [-0.2, 0) is 0 Å². The second-order valence-corrected chi connectivity index (χ2v) is 7.87. The lowest BCUT2D eigenvalue weighted by atomic mass is 9.82. The summed E-state index contributed by atoms with van der Waals surface area (Å²) in [5.74, 6) is 0.225. The highest BCUT2D eigenvalue weighted by Crippen LogP contribution is 2.35. The SMILES string of the molecule is CB(O)N1CCC(Nc2cc(-c3c(C)cccc3F)cc3cnc(N)cc23)CC1. The van der Waals surface area contributed by atoms with Crippen LogP contribution in [0.2, 0.25) is 6.82 Å². The van der Waals surface area contributed by atoms with Gasteiger partial charge in [-0.1, -0.05) is 12.1 Å². The molecule has 0 bridgehead atoms. The summed E-state index contributed by atoms with van der Waals surface area (Å²) in [6, 6.07) is 11.3. The second-order valence-electron chi connectivity index (χ2n) is 7.87. The maximum atomic E-state index is 14.6. The van der Waals surface area contributed by atoms with Gasteiger partial charge < -0.3 is 20.9 Å². The Balaban J connectivity index is 1.73. The predicted molar refractivity (Wildman–Crippen MR) is 118 cm³/mol. The molecule has 0 atom stereocenters. The monoisotopic (exact) mass is 392 g/mol. The van der Waals surface area contributed by atoms with Crippen LogP contribution in [0, 0.1) is 12.7 Å². The van der Waals surface area contributed by atoms with Crippen molar-refractivity contribution in [2.24, 2.45) is 0 Å². The number of piperidine rings is 1. The molecule has 1 aliphatic rings. The molecule has 0 radical (unpaired) electrons. The Kier molecular flexibility index (Phi) is 5.43. The molecule has 4 rings (SSSR count). The number of nitrogens with one attached hydrogen (secondary N) is 1. The van der Waals surface area contributed by atoms with E-state index < -0.39 is 7.05 Å². The van der Waals surface area contributed by atoms with E-state index >= 15 is 0 Å². The number of nitrogens with two attached hydrogens (primary N) is 1. The predicted octanol–water partition coefficient (Wildman–Crippen LogP) is 3.92. The first kappa shape index (κ1) is 19.7. The standard InChI is InChI=1S/C22H26BFN4O/c1-14-4-3-5-19(24)22(14)15-10-16-13-26-21(25)12-18(16)20(11-15)27-17-6-8-28(9-7-17)23(2)29/h3-5,10-13,17,27,29H,6-9H2,1-2H3,(H2,25,26). The molecule has 0 spiro atoms. The van der Waals surface area contributed by atoms with Gasteiger partial charge in [0.25, 0.3) is 0 Å². The van der Waals surface area contributed by atoms with Crippen molar-refractivity contribution in [1.29, 1.82) is 0 Å². The van der Waals surface area contributed by atoms with Crippen molar-refractivity contribution in [3.05, 3.63) is 54.0 Å². The zero-order valence-electron chi connectivity index (χ0n) is 16.8. The number of nitrogen functional groups attached to an aromatic ring is 1. The third kappa shape index (κ3) is 4.06. The van der Waals surface area contributed by atoms with Gasteiger partial charge >= 0.3 is 7.05 Å². The average molecular weight is 392 g/mol. The highest BCUT2D eigenvalue weighted by Gasteiger charge is 2.24. The number of hydrogen-bond donors (Lipinski definition) is 3. The minimum absolute atomic E-state index is 0.232. The number of aryl methyl sites for hydroxylation is 1. The van der Waals surface area contributed by atoms with Crippen LogP contribution in [0.1, 0.15) is 18.4 Å². The molecule has 29 heavy (non-hydrogen) atoms. The average Bonchev–Trinajstić information content (AvgIpc) is 2.69. The van der Waals surface area contributed by atoms with Crippen molar-refractivity contribution in [3.8, 4) is 11.1 Å². The van der Waals surface area contributed by atoms with Crippen LogP contribution in [-0.4, -0.2) is 41.0 Å². The van der Waals surface area contributed by atoms with Gasteiger partial charge in [-0.2, -0.15) is 0 Å². The Bertz CT molecular complexity index is 1010. The topological polar surface area (TPSA) is 74.4 Å². The first-order valence-electron chi connectivity index (χ1n) is 10.1. The molecule has 1 aliphatic heterocycles. The van der Waals surface area contributed by atoms with E-state index in [1.54, 1.807) is 19.1 Å². The molecule has 1 aromatic heterocycles. The number of fused-ring (bicyclic) bond motifs is 1. The van der Waals surface area contributed by atoms with Crippen molar-refractivity contribution < 1.29 is 9.41 Å². The van der Waals surface area contributed by atoms with Crippen LogP contribution in [0.25, 0.3) is 21.9 Å². The van der Waals surface area contributed by atoms with Crippen molar-refractivity contribution >= 4 is 29.3 Å². The Hall–Kier alpha value is -2.64. The van der Waals surface area contributed by atoms with Gasteiger partial charge in [0.1, 0.15) is 11.6 Å². The molecular weight excluding hydrogens is 366 g/mol. The number of nitrogens with zero attached hydrogens (tertiary/aromatic N) is 2. The molecule has 4 N–H and O–H groups in total. The zero-order valence-corrected chi connectivity index (χ0v) is 16.8. The number of hydrogen-bond acceptors (Lipinski definition) is 5.